The van der Waals surface area contributed by atoms with Gasteiger partial charge in [-0.3, -0.25) is 0 Å². The van der Waals surface area contributed by atoms with E-state index < -0.39 is 17.9 Å². The van der Waals surface area contributed by atoms with Gasteiger partial charge in [-0.1, -0.05) is 18.0 Å². The van der Waals surface area contributed by atoms with Gasteiger partial charge in [0.25, 0.3) is 0 Å². The summed E-state index contributed by atoms with van der Waals surface area (Å²) in [5, 5.41) is 3.19. The topological polar surface area (TPSA) is 12.0 Å². The highest BCUT2D eigenvalue weighted by atomic mass is 35.5. The summed E-state index contributed by atoms with van der Waals surface area (Å²) in [6.45, 7) is 0. The summed E-state index contributed by atoms with van der Waals surface area (Å²) in [4.78, 5) is 0. The lowest BCUT2D eigenvalue weighted by Gasteiger charge is -2.31. The highest BCUT2D eigenvalue weighted by molar-refractivity contribution is 6.30. The number of rotatable bonds is 2. The van der Waals surface area contributed by atoms with Crippen LogP contribution in [0.4, 0.5) is 23.2 Å². The zero-order chi connectivity index (χ0) is 14.0. The van der Waals surface area contributed by atoms with Crippen molar-refractivity contribution in [3.8, 4) is 0 Å². The quantitative estimate of drug-likeness (QED) is 0.756. The van der Waals surface area contributed by atoms with Gasteiger partial charge < -0.3 is 5.32 Å². The molecule has 1 aromatic rings. The number of anilines is 1. The van der Waals surface area contributed by atoms with Crippen molar-refractivity contribution in [3.05, 3.63) is 29.0 Å². The summed E-state index contributed by atoms with van der Waals surface area (Å²) in [7, 11) is 0. The Morgan fingerprint density at radius 2 is 1.95 bits per heavy atom. The number of hydrogen-bond acceptors (Lipinski definition) is 1. The Morgan fingerprint density at radius 1 is 1.21 bits per heavy atom. The molecule has 19 heavy (non-hydrogen) atoms. The molecule has 0 saturated heterocycles. The molecule has 0 aliphatic heterocycles. The molecule has 0 spiro atoms. The molecule has 1 nitrogen and oxygen atoms in total. The van der Waals surface area contributed by atoms with Gasteiger partial charge in [0.1, 0.15) is 5.82 Å². The van der Waals surface area contributed by atoms with E-state index in [9.17, 15) is 17.6 Å². The van der Waals surface area contributed by atoms with Crippen LogP contribution in [0.15, 0.2) is 18.2 Å². The summed E-state index contributed by atoms with van der Waals surface area (Å²) in [6.07, 6.45) is -2.94. The lowest BCUT2D eigenvalue weighted by molar-refractivity contribution is -0.182. The van der Waals surface area contributed by atoms with Gasteiger partial charge in [-0.05, 0) is 37.5 Å². The maximum absolute atomic E-state index is 13.5. The lowest BCUT2D eigenvalue weighted by atomic mass is 9.85. The van der Waals surface area contributed by atoms with Crippen LogP contribution < -0.4 is 5.32 Å². The number of hydrogen-bond donors (Lipinski definition) is 1. The predicted octanol–water partition coefficient (Wildman–Crippen LogP) is 5.01. The number of halogens is 5. The van der Waals surface area contributed by atoms with Crippen LogP contribution in [0.5, 0.6) is 0 Å². The first-order valence-corrected chi connectivity index (χ1v) is 6.52. The Morgan fingerprint density at radius 3 is 2.63 bits per heavy atom. The summed E-state index contributed by atoms with van der Waals surface area (Å²) in [5.41, 5.74) is 0.167. The van der Waals surface area contributed by atoms with Crippen LogP contribution in [0.25, 0.3) is 0 Å². The molecule has 1 saturated carbocycles. The second kappa shape index (κ2) is 5.57. The highest BCUT2D eigenvalue weighted by Crippen LogP contribution is 2.38. The summed E-state index contributed by atoms with van der Waals surface area (Å²) in [6, 6.07) is 3.64. The smallest absolute Gasteiger partial charge is 0.380 e. The molecule has 2 atom stereocenters. The monoisotopic (exact) mass is 295 g/mol. The SMILES string of the molecule is Fc1ccc(Cl)cc1NC1CCCC(C(F)(F)F)C1. The molecular formula is C13H14ClF4N. The van der Waals surface area contributed by atoms with Gasteiger partial charge in [-0.2, -0.15) is 13.2 Å². The fraction of sp³-hybridized carbons (Fsp3) is 0.538. The Balaban J connectivity index is 2.05. The standard InChI is InChI=1S/C13H14ClF4N/c14-9-4-5-11(15)12(7-9)19-10-3-1-2-8(6-10)13(16,17)18/h4-5,7-8,10,19H,1-3,6H2. The molecule has 1 aliphatic rings. The summed E-state index contributed by atoms with van der Waals surface area (Å²) >= 11 is 5.75. The van der Waals surface area contributed by atoms with Crippen molar-refractivity contribution in [2.24, 2.45) is 5.92 Å². The van der Waals surface area contributed by atoms with Crippen molar-refractivity contribution < 1.29 is 17.6 Å². The minimum Gasteiger partial charge on any atom is -0.380 e. The Labute approximate surface area is 113 Å². The van der Waals surface area contributed by atoms with Gasteiger partial charge in [0.15, 0.2) is 0 Å². The van der Waals surface area contributed by atoms with Gasteiger partial charge >= 0.3 is 6.18 Å². The van der Waals surface area contributed by atoms with E-state index in [0.29, 0.717) is 17.9 Å². The first-order valence-electron chi connectivity index (χ1n) is 6.14. The zero-order valence-electron chi connectivity index (χ0n) is 10.1. The summed E-state index contributed by atoms with van der Waals surface area (Å²) < 4.78 is 51.5. The Bertz CT molecular complexity index is 447. The molecule has 2 unspecified atom stereocenters. The predicted molar refractivity (Wildman–Crippen MR) is 66.8 cm³/mol. The third-order valence-corrected chi connectivity index (χ3v) is 3.66. The molecule has 6 heteroatoms. The number of nitrogens with one attached hydrogen (secondary N) is 1. The van der Waals surface area contributed by atoms with E-state index in [4.69, 9.17) is 11.6 Å². The normalized spacial score (nSPS) is 24.3. The van der Waals surface area contributed by atoms with Gasteiger partial charge in [0.2, 0.25) is 0 Å². The molecule has 0 bridgehead atoms. The molecular weight excluding hydrogens is 282 g/mol. The van der Waals surface area contributed by atoms with Crippen LogP contribution in [-0.4, -0.2) is 12.2 Å². The molecule has 0 amide bonds. The Hall–Kier alpha value is -0.970. The van der Waals surface area contributed by atoms with Crippen LogP contribution in [0.2, 0.25) is 5.02 Å². The zero-order valence-corrected chi connectivity index (χ0v) is 10.9. The van der Waals surface area contributed by atoms with Gasteiger partial charge in [-0.15, -0.1) is 0 Å². The van der Waals surface area contributed by atoms with Gasteiger partial charge in [0, 0.05) is 11.1 Å². The molecule has 0 radical (unpaired) electrons. The van der Waals surface area contributed by atoms with Crippen molar-refractivity contribution >= 4 is 17.3 Å². The van der Waals surface area contributed by atoms with E-state index in [1.165, 1.54) is 18.2 Å². The number of benzene rings is 1. The van der Waals surface area contributed by atoms with Crippen LogP contribution in [0.3, 0.4) is 0 Å². The van der Waals surface area contributed by atoms with E-state index in [1.54, 1.807) is 0 Å². The fourth-order valence-electron chi connectivity index (χ4n) is 2.45. The molecule has 1 aliphatic carbocycles. The largest absolute Gasteiger partial charge is 0.391 e. The van der Waals surface area contributed by atoms with E-state index in [-0.39, 0.29) is 24.6 Å². The molecule has 0 heterocycles. The second-order valence-electron chi connectivity index (χ2n) is 4.87. The van der Waals surface area contributed by atoms with Crippen LogP contribution >= 0.6 is 11.6 Å². The molecule has 106 valence electrons. The van der Waals surface area contributed by atoms with Gasteiger partial charge in [-0.25, -0.2) is 4.39 Å². The highest BCUT2D eigenvalue weighted by Gasteiger charge is 2.42. The van der Waals surface area contributed by atoms with Crippen molar-refractivity contribution in [1.82, 2.24) is 0 Å². The van der Waals surface area contributed by atoms with Crippen LogP contribution in [0.1, 0.15) is 25.7 Å². The average molecular weight is 296 g/mol. The minimum absolute atomic E-state index is 0.0184. The molecule has 1 aromatic carbocycles. The van der Waals surface area contributed by atoms with Crippen molar-refractivity contribution in [2.45, 2.75) is 37.9 Å². The van der Waals surface area contributed by atoms with Crippen molar-refractivity contribution in [1.29, 1.82) is 0 Å². The van der Waals surface area contributed by atoms with Crippen LogP contribution in [-0.2, 0) is 0 Å². The van der Waals surface area contributed by atoms with Crippen LogP contribution in [0, 0.1) is 11.7 Å². The molecule has 1 N–H and O–H groups in total. The maximum Gasteiger partial charge on any atom is 0.391 e. The Kier molecular flexibility index (Phi) is 4.23. The second-order valence-corrected chi connectivity index (χ2v) is 5.31. The first-order chi connectivity index (χ1) is 8.86. The van der Waals surface area contributed by atoms with E-state index >= 15 is 0 Å². The summed E-state index contributed by atoms with van der Waals surface area (Å²) in [5.74, 6) is -1.81. The molecule has 1 fully saturated rings. The number of alkyl halides is 3. The van der Waals surface area contributed by atoms with E-state index in [2.05, 4.69) is 5.32 Å². The minimum atomic E-state index is -4.17. The molecule has 0 aromatic heterocycles. The van der Waals surface area contributed by atoms with E-state index in [1.807, 2.05) is 0 Å². The first kappa shape index (κ1) is 14.4. The third kappa shape index (κ3) is 3.75. The molecule has 2 rings (SSSR count). The lowest BCUT2D eigenvalue weighted by Crippen LogP contribution is -2.34. The fourth-order valence-corrected chi connectivity index (χ4v) is 2.62. The average Bonchev–Trinajstić information content (AvgIpc) is 2.33. The van der Waals surface area contributed by atoms with Crippen molar-refractivity contribution in [3.63, 3.8) is 0 Å². The maximum atomic E-state index is 13.5. The van der Waals surface area contributed by atoms with Crippen molar-refractivity contribution in [2.75, 3.05) is 5.32 Å². The van der Waals surface area contributed by atoms with E-state index in [0.717, 1.165) is 0 Å². The van der Waals surface area contributed by atoms with Gasteiger partial charge in [0.05, 0.1) is 11.6 Å². The third-order valence-electron chi connectivity index (χ3n) is 3.43.